The van der Waals surface area contributed by atoms with Crippen molar-refractivity contribution in [3.63, 3.8) is 0 Å². The molecular formula is C14H22N2O5S2. The minimum Gasteiger partial charge on any atom is -0.495 e. The molecule has 0 heterocycles. The normalized spacial score (nSPS) is 18.0. The van der Waals surface area contributed by atoms with Crippen LogP contribution in [0.2, 0.25) is 0 Å². The summed E-state index contributed by atoms with van der Waals surface area (Å²) in [6.45, 7) is 0.195. The van der Waals surface area contributed by atoms with Gasteiger partial charge in [0.1, 0.15) is 10.6 Å². The molecular weight excluding hydrogens is 340 g/mol. The second-order valence-electron chi connectivity index (χ2n) is 5.88. The summed E-state index contributed by atoms with van der Waals surface area (Å²) in [6.07, 6.45) is 4.16. The van der Waals surface area contributed by atoms with Crippen LogP contribution < -0.4 is 15.2 Å². The molecule has 7 nitrogen and oxygen atoms in total. The average molecular weight is 362 g/mol. The van der Waals surface area contributed by atoms with E-state index < -0.39 is 25.4 Å². The van der Waals surface area contributed by atoms with Crippen molar-refractivity contribution in [1.82, 2.24) is 4.72 Å². The Bertz CT molecular complexity index is 781. The molecule has 1 aliphatic rings. The van der Waals surface area contributed by atoms with Crippen molar-refractivity contribution in [1.29, 1.82) is 0 Å². The molecule has 0 unspecified atom stereocenters. The molecule has 9 heteroatoms. The van der Waals surface area contributed by atoms with Gasteiger partial charge in [-0.15, -0.1) is 0 Å². The lowest BCUT2D eigenvalue weighted by atomic mass is 10.0. The topological polar surface area (TPSA) is 116 Å². The highest BCUT2D eigenvalue weighted by molar-refractivity contribution is 7.91. The van der Waals surface area contributed by atoms with Gasteiger partial charge in [0.25, 0.3) is 0 Å². The fourth-order valence-electron chi connectivity index (χ4n) is 2.84. The number of hydrogen-bond donors (Lipinski definition) is 2. The van der Waals surface area contributed by atoms with E-state index >= 15 is 0 Å². The molecule has 23 heavy (non-hydrogen) atoms. The van der Waals surface area contributed by atoms with Gasteiger partial charge in [-0.05, 0) is 31.0 Å². The number of rotatable bonds is 6. The van der Waals surface area contributed by atoms with Crippen LogP contribution in [0.25, 0.3) is 0 Å². The Kier molecular flexibility index (Phi) is 5.05. The van der Waals surface area contributed by atoms with Gasteiger partial charge in [-0.1, -0.05) is 12.8 Å². The van der Waals surface area contributed by atoms with E-state index in [1.54, 1.807) is 0 Å². The Morgan fingerprint density at radius 3 is 2.30 bits per heavy atom. The SMILES string of the molecule is COc1ccc(S(C)(=O)=O)cc1S(=O)(=O)NC1(CN)CCCC1. The predicted molar refractivity (Wildman–Crippen MR) is 86.7 cm³/mol. The summed E-state index contributed by atoms with van der Waals surface area (Å²) in [5.41, 5.74) is 5.09. The number of benzene rings is 1. The Morgan fingerprint density at radius 1 is 1.22 bits per heavy atom. The second kappa shape index (κ2) is 6.39. The van der Waals surface area contributed by atoms with Gasteiger partial charge in [0.05, 0.1) is 12.0 Å². The Labute approximate surface area is 137 Å². The molecule has 1 aromatic rings. The minimum atomic E-state index is -3.96. The molecule has 0 aromatic heterocycles. The van der Waals surface area contributed by atoms with Crippen molar-refractivity contribution in [2.75, 3.05) is 19.9 Å². The van der Waals surface area contributed by atoms with E-state index in [-0.39, 0.29) is 22.1 Å². The molecule has 0 atom stereocenters. The van der Waals surface area contributed by atoms with E-state index in [1.165, 1.54) is 19.2 Å². The molecule has 0 radical (unpaired) electrons. The maximum absolute atomic E-state index is 12.8. The van der Waals surface area contributed by atoms with E-state index in [4.69, 9.17) is 10.5 Å². The van der Waals surface area contributed by atoms with Crippen molar-refractivity contribution in [3.8, 4) is 5.75 Å². The molecule has 0 saturated heterocycles. The van der Waals surface area contributed by atoms with Crippen LogP contribution in [0.1, 0.15) is 25.7 Å². The molecule has 1 saturated carbocycles. The Morgan fingerprint density at radius 2 is 1.83 bits per heavy atom. The van der Waals surface area contributed by atoms with Crippen LogP contribution in [0.15, 0.2) is 28.0 Å². The summed E-state index contributed by atoms with van der Waals surface area (Å²) in [5, 5.41) is 0. The summed E-state index contributed by atoms with van der Waals surface area (Å²) < 4.78 is 56.7. The molecule has 2 rings (SSSR count). The number of sulfonamides is 1. The first-order chi connectivity index (χ1) is 10.6. The van der Waals surface area contributed by atoms with Crippen LogP contribution in [0.4, 0.5) is 0 Å². The monoisotopic (exact) mass is 362 g/mol. The van der Waals surface area contributed by atoms with Crippen LogP contribution in [0, 0.1) is 0 Å². The fourth-order valence-corrected chi connectivity index (χ4v) is 5.22. The largest absolute Gasteiger partial charge is 0.495 e. The number of sulfone groups is 1. The van der Waals surface area contributed by atoms with Gasteiger partial charge in [-0.25, -0.2) is 21.6 Å². The highest BCUT2D eigenvalue weighted by atomic mass is 32.2. The van der Waals surface area contributed by atoms with Crippen LogP contribution >= 0.6 is 0 Å². The van der Waals surface area contributed by atoms with Gasteiger partial charge in [0.2, 0.25) is 10.0 Å². The maximum atomic E-state index is 12.8. The van der Waals surface area contributed by atoms with E-state index in [9.17, 15) is 16.8 Å². The molecule has 0 spiro atoms. The molecule has 0 aliphatic heterocycles. The first-order valence-electron chi connectivity index (χ1n) is 7.26. The molecule has 130 valence electrons. The third-order valence-electron chi connectivity index (χ3n) is 4.16. The summed E-state index contributed by atoms with van der Waals surface area (Å²) in [4.78, 5) is -0.269. The quantitative estimate of drug-likeness (QED) is 0.767. The van der Waals surface area contributed by atoms with E-state index in [1.807, 2.05) is 0 Å². The van der Waals surface area contributed by atoms with Crippen molar-refractivity contribution in [2.24, 2.45) is 5.73 Å². The Balaban J connectivity index is 2.50. The third kappa shape index (κ3) is 3.85. The summed E-state index contributed by atoms with van der Waals surface area (Å²) in [7, 11) is -6.15. The van der Waals surface area contributed by atoms with Crippen LogP contribution in [0.3, 0.4) is 0 Å². The second-order valence-corrected chi connectivity index (χ2v) is 9.55. The van der Waals surface area contributed by atoms with Gasteiger partial charge in [-0.3, -0.25) is 0 Å². The first-order valence-corrected chi connectivity index (χ1v) is 10.6. The number of nitrogens with one attached hydrogen (secondary N) is 1. The van der Waals surface area contributed by atoms with E-state index in [2.05, 4.69) is 4.72 Å². The summed E-state index contributed by atoms with van der Waals surface area (Å²) in [5.74, 6) is 0.0927. The average Bonchev–Trinajstić information content (AvgIpc) is 2.94. The van der Waals surface area contributed by atoms with Gasteiger partial charge < -0.3 is 10.5 Å². The van der Waals surface area contributed by atoms with Crippen LogP contribution in [-0.4, -0.2) is 42.3 Å². The minimum absolute atomic E-state index is 0.0769. The molecule has 3 N–H and O–H groups in total. The predicted octanol–water partition coefficient (Wildman–Crippen LogP) is 0.649. The van der Waals surface area contributed by atoms with Gasteiger partial charge in [0, 0.05) is 18.3 Å². The molecule has 0 bridgehead atoms. The number of hydrogen-bond acceptors (Lipinski definition) is 6. The van der Waals surface area contributed by atoms with E-state index in [0.717, 1.165) is 25.2 Å². The summed E-state index contributed by atoms with van der Waals surface area (Å²) in [6, 6.07) is 3.78. The third-order valence-corrected chi connectivity index (χ3v) is 6.87. The number of ether oxygens (including phenoxy) is 1. The van der Waals surface area contributed by atoms with Gasteiger partial charge in [0.15, 0.2) is 9.84 Å². The number of methoxy groups -OCH3 is 1. The lowest BCUT2D eigenvalue weighted by Crippen LogP contribution is -2.51. The van der Waals surface area contributed by atoms with Crippen molar-refractivity contribution < 1.29 is 21.6 Å². The van der Waals surface area contributed by atoms with Crippen LogP contribution in [0.5, 0.6) is 5.75 Å². The highest BCUT2D eigenvalue weighted by Crippen LogP contribution is 2.33. The molecule has 1 aliphatic carbocycles. The molecule has 1 fully saturated rings. The molecule has 0 amide bonds. The lowest BCUT2D eigenvalue weighted by molar-refractivity contribution is 0.389. The Hall–Kier alpha value is -1.16. The number of nitrogens with two attached hydrogens (primary N) is 1. The van der Waals surface area contributed by atoms with Crippen molar-refractivity contribution in [3.05, 3.63) is 18.2 Å². The zero-order chi connectivity index (χ0) is 17.3. The fraction of sp³-hybridized carbons (Fsp3) is 0.571. The smallest absolute Gasteiger partial charge is 0.244 e. The first kappa shape index (κ1) is 18.2. The van der Waals surface area contributed by atoms with Gasteiger partial charge >= 0.3 is 0 Å². The van der Waals surface area contributed by atoms with Crippen LogP contribution in [-0.2, 0) is 19.9 Å². The standard InChI is InChI=1S/C14H22N2O5S2/c1-21-12-6-5-11(22(2,17)18)9-13(12)23(19,20)16-14(10-15)7-3-4-8-14/h5-6,9,16H,3-4,7-8,10,15H2,1-2H3. The highest BCUT2D eigenvalue weighted by Gasteiger charge is 2.37. The lowest BCUT2D eigenvalue weighted by Gasteiger charge is -2.28. The van der Waals surface area contributed by atoms with Gasteiger partial charge in [-0.2, -0.15) is 0 Å². The zero-order valence-electron chi connectivity index (χ0n) is 13.2. The zero-order valence-corrected chi connectivity index (χ0v) is 14.8. The molecule has 1 aromatic carbocycles. The van der Waals surface area contributed by atoms with Crippen molar-refractivity contribution in [2.45, 2.75) is 41.0 Å². The van der Waals surface area contributed by atoms with Crippen molar-refractivity contribution >= 4 is 19.9 Å². The maximum Gasteiger partial charge on any atom is 0.244 e. The summed E-state index contributed by atoms with van der Waals surface area (Å²) >= 11 is 0. The van der Waals surface area contributed by atoms with E-state index in [0.29, 0.717) is 12.8 Å².